The van der Waals surface area contributed by atoms with Gasteiger partial charge < -0.3 is 0 Å². The van der Waals surface area contributed by atoms with E-state index in [1.54, 1.807) is 24.3 Å². The standard InChI is InChI=1S/C9H8N2O2S/c12-14(13,11-7-3-4-8-11)9-5-1-2-6-10-9/h1-8H. The molecule has 0 aromatic carbocycles. The van der Waals surface area contributed by atoms with Crippen LogP contribution < -0.4 is 0 Å². The lowest BCUT2D eigenvalue weighted by atomic mass is 10.5. The van der Waals surface area contributed by atoms with Crippen molar-refractivity contribution < 1.29 is 8.42 Å². The maximum Gasteiger partial charge on any atom is 0.285 e. The number of hydrogen-bond donors (Lipinski definition) is 0. The van der Waals surface area contributed by atoms with Gasteiger partial charge >= 0.3 is 0 Å². The summed E-state index contributed by atoms with van der Waals surface area (Å²) in [5.74, 6) is 0. The highest BCUT2D eigenvalue weighted by molar-refractivity contribution is 7.89. The molecule has 0 spiro atoms. The van der Waals surface area contributed by atoms with Crippen molar-refractivity contribution in [3.63, 3.8) is 0 Å². The molecule has 0 bridgehead atoms. The molecule has 0 aliphatic carbocycles. The highest BCUT2D eigenvalue weighted by Gasteiger charge is 2.15. The molecule has 0 aliphatic heterocycles. The first-order chi connectivity index (χ1) is 6.71. The van der Waals surface area contributed by atoms with Crippen LogP contribution in [-0.2, 0) is 10.0 Å². The zero-order valence-electron chi connectivity index (χ0n) is 7.24. The molecule has 0 saturated carbocycles. The van der Waals surface area contributed by atoms with Crippen molar-refractivity contribution >= 4 is 10.0 Å². The molecule has 2 heterocycles. The molecule has 4 nitrogen and oxygen atoms in total. The third-order valence-electron chi connectivity index (χ3n) is 1.76. The van der Waals surface area contributed by atoms with E-state index in [-0.39, 0.29) is 5.03 Å². The summed E-state index contributed by atoms with van der Waals surface area (Å²) >= 11 is 0. The first-order valence-electron chi connectivity index (χ1n) is 4.01. The van der Waals surface area contributed by atoms with Gasteiger partial charge in [-0.3, -0.25) is 0 Å². The number of nitrogens with zero attached hydrogens (tertiary/aromatic N) is 2. The van der Waals surface area contributed by atoms with Gasteiger partial charge in [-0.05, 0) is 24.3 Å². The van der Waals surface area contributed by atoms with Crippen molar-refractivity contribution in [1.29, 1.82) is 0 Å². The van der Waals surface area contributed by atoms with Gasteiger partial charge in [-0.15, -0.1) is 0 Å². The van der Waals surface area contributed by atoms with Crippen molar-refractivity contribution in [3.05, 3.63) is 48.9 Å². The largest absolute Gasteiger partial charge is 0.285 e. The average molecular weight is 208 g/mol. The molecule has 0 N–H and O–H groups in total. The first-order valence-corrected chi connectivity index (χ1v) is 5.45. The van der Waals surface area contributed by atoms with Gasteiger partial charge in [0.2, 0.25) is 0 Å². The Labute approximate surface area is 81.9 Å². The molecule has 0 atom stereocenters. The molecule has 0 saturated heterocycles. The van der Waals surface area contributed by atoms with Gasteiger partial charge in [0.25, 0.3) is 10.0 Å². The fourth-order valence-electron chi connectivity index (χ4n) is 1.09. The summed E-state index contributed by atoms with van der Waals surface area (Å²) in [6.07, 6.45) is 4.41. The van der Waals surface area contributed by atoms with Crippen LogP contribution >= 0.6 is 0 Å². The summed E-state index contributed by atoms with van der Waals surface area (Å²) in [4.78, 5) is 3.80. The molecule has 72 valence electrons. The summed E-state index contributed by atoms with van der Waals surface area (Å²) in [7, 11) is -3.49. The third-order valence-corrected chi connectivity index (χ3v) is 3.33. The number of rotatable bonds is 2. The minimum absolute atomic E-state index is 0.0520. The second-order valence-electron chi connectivity index (χ2n) is 2.69. The van der Waals surface area contributed by atoms with Crippen LogP contribution in [-0.4, -0.2) is 17.4 Å². The van der Waals surface area contributed by atoms with Crippen LogP contribution in [0.2, 0.25) is 0 Å². The van der Waals surface area contributed by atoms with E-state index in [2.05, 4.69) is 4.98 Å². The summed E-state index contributed by atoms with van der Waals surface area (Å²) in [6, 6.07) is 8.09. The quantitative estimate of drug-likeness (QED) is 0.743. The van der Waals surface area contributed by atoms with Gasteiger partial charge in [0.05, 0.1) is 0 Å². The van der Waals surface area contributed by atoms with Gasteiger partial charge in [-0.1, -0.05) is 6.07 Å². The zero-order chi connectivity index (χ0) is 10.0. The van der Waals surface area contributed by atoms with Gasteiger partial charge in [-0.25, -0.2) is 8.96 Å². The summed E-state index contributed by atoms with van der Waals surface area (Å²) < 4.78 is 24.7. The van der Waals surface area contributed by atoms with Crippen LogP contribution in [0.1, 0.15) is 0 Å². The monoisotopic (exact) mass is 208 g/mol. The third kappa shape index (κ3) is 1.42. The topological polar surface area (TPSA) is 52.0 Å². The first kappa shape index (κ1) is 8.96. The SMILES string of the molecule is O=S(=O)(c1ccccn1)n1cccc1. The summed E-state index contributed by atoms with van der Waals surface area (Å²) in [5, 5.41) is 0.0520. The second-order valence-corrected chi connectivity index (χ2v) is 4.48. The second kappa shape index (κ2) is 3.26. The van der Waals surface area contributed by atoms with E-state index in [4.69, 9.17) is 0 Å². The lowest BCUT2D eigenvalue weighted by Crippen LogP contribution is -2.11. The fourth-order valence-corrected chi connectivity index (χ4v) is 2.21. The van der Waals surface area contributed by atoms with Crippen molar-refractivity contribution in [2.45, 2.75) is 5.03 Å². The molecule has 0 radical (unpaired) electrons. The average Bonchev–Trinajstić information content (AvgIpc) is 2.72. The highest BCUT2D eigenvalue weighted by Crippen LogP contribution is 2.09. The van der Waals surface area contributed by atoms with Gasteiger partial charge in [0.15, 0.2) is 5.03 Å². The van der Waals surface area contributed by atoms with Crippen molar-refractivity contribution in [2.24, 2.45) is 0 Å². The van der Waals surface area contributed by atoms with Gasteiger partial charge in [-0.2, -0.15) is 8.42 Å². The lowest BCUT2D eigenvalue weighted by Gasteiger charge is -2.03. The summed E-state index contributed by atoms with van der Waals surface area (Å²) in [6.45, 7) is 0. The van der Waals surface area contributed by atoms with E-state index < -0.39 is 10.0 Å². The Kier molecular flexibility index (Phi) is 2.09. The Morgan fingerprint density at radius 1 is 1.07 bits per heavy atom. The molecule has 0 fully saturated rings. The van der Waals surface area contributed by atoms with E-state index in [0.29, 0.717) is 0 Å². The van der Waals surface area contributed by atoms with Gasteiger partial charge in [0, 0.05) is 18.6 Å². The maximum absolute atomic E-state index is 11.8. The maximum atomic E-state index is 11.8. The Bertz CT molecular complexity index is 503. The summed E-state index contributed by atoms with van der Waals surface area (Å²) in [5.41, 5.74) is 0. The van der Waals surface area contributed by atoms with E-state index in [1.165, 1.54) is 24.7 Å². The minimum atomic E-state index is -3.49. The van der Waals surface area contributed by atoms with Gasteiger partial charge in [0.1, 0.15) is 0 Å². The number of hydrogen-bond acceptors (Lipinski definition) is 3. The Morgan fingerprint density at radius 2 is 1.79 bits per heavy atom. The highest BCUT2D eigenvalue weighted by atomic mass is 32.2. The van der Waals surface area contributed by atoms with Crippen LogP contribution in [0.5, 0.6) is 0 Å². The van der Waals surface area contributed by atoms with E-state index in [0.717, 1.165) is 3.97 Å². The van der Waals surface area contributed by atoms with Crippen molar-refractivity contribution in [2.75, 3.05) is 0 Å². The van der Waals surface area contributed by atoms with E-state index in [1.807, 2.05) is 0 Å². The van der Waals surface area contributed by atoms with Crippen LogP contribution in [0, 0.1) is 0 Å². The van der Waals surface area contributed by atoms with Crippen LogP contribution in [0.3, 0.4) is 0 Å². The Morgan fingerprint density at radius 3 is 2.36 bits per heavy atom. The van der Waals surface area contributed by atoms with Crippen molar-refractivity contribution in [1.82, 2.24) is 8.96 Å². The smallest absolute Gasteiger partial charge is 0.248 e. The van der Waals surface area contributed by atoms with Crippen LogP contribution in [0.15, 0.2) is 53.9 Å². The number of aromatic nitrogens is 2. The van der Waals surface area contributed by atoms with Crippen LogP contribution in [0.25, 0.3) is 0 Å². The molecular weight excluding hydrogens is 200 g/mol. The molecule has 5 heteroatoms. The van der Waals surface area contributed by atoms with E-state index in [9.17, 15) is 8.42 Å². The predicted octanol–water partition coefficient (Wildman–Crippen LogP) is 1.12. The Balaban J connectivity index is 2.55. The number of pyridine rings is 1. The van der Waals surface area contributed by atoms with E-state index >= 15 is 0 Å². The zero-order valence-corrected chi connectivity index (χ0v) is 8.05. The molecule has 14 heavy (non-hydrogen) atoms. The fraction of sp³-hybridized carbons (Fsp3) is 0. The molecule has 0 unspecified atom stereocenters. The molecule has 0 amide bonds. The normalized spacial score (nSPS) is 11.4. The lowest BCUT2D eigenvalue weighted by molar-refractivity contribution is 0.583. The Hall–Kier alpha value is -1.62. The predicted molar refractivity (Wildman–Crippen MR) is 51.3 cm³/mol. The molecule has 0 aliphatic rings. The molecule has 2 rings (SSSR count). The molecular formula is C9H8N2O2S. The minimum Gasteiger partial charge on any atom is -0.248 e. The molecule has 2 aromatic rings. The molecule has 2 aromatic heterocycles. The van der Waals surface area contributed by atoms with Crippen LogP contribution in [0.4, 0.5) is 0 Å². The van der Waals surface area contributed by atoms with Crippen molar-refractivity contribution in [3.8, 4) is 0 Å².